The maximum atomic E-state index is 12.4. The molecule has 1 saturated heterocycles. The van der Waals surface area contributed by atoms with Gasteiger partial charge in [0.15, 0.2) is 17.3 Å². The highest BCUT2D eigenvalue weighted by atomic mass is 16.5. The minimum Gasteiger partial charge on any atom is -0.493 e. The Morgan fingerprint density at radius 3 is 2.32 bits per heavy atom. The van der Waals surface area contributed by atoms with Crippen LogP contribution in [0.3, 0.4) is 0 Å². The van der Waals surface area contributed by atoms with Crippen LogP contribution in [0.2, 0.25) is 0 Å². The van der Waals surface area contributed by atoms with Crippen molar-refractivity contribution >= 4 is 12.0 Å². The Labute approximate surface area is 164 Å². The van der Waals surface area contributed by atoms with Gasteiger partial charge in [0, 0.05) is 25.1 Å². The molecule has 0 aliphatic carbocycles. The number of hydrogen-bond donors (Lipinski definition) is 0. The number of nitrogens with zero attached hydrogens (tertiary/aromatic N) is 3. The van der Waals surface area contributed by atoms with Crippen molar-refractivity contribution in [1.29, 1.82) is 0 Å². The van der Waals surface area contributed by atoms with Gasteiger partial charge in [0.25, 0.3) is 0 Å². The van der Waals surface area contributed by atoms with Gasteiger partial charge in [-0.1, -0.05) is 19.0 Å². The van der Waals surface area contributed by atoms with E-state index in [2.05, 4.69) is 10.1 Å². The number of benzene rings is 1. The Morgan fingerprint density at radius 2 is 1.82 bits per heavy atom. The van der Waals surface area contributed by atoms with Crippen LogP contribution in [0.25, 0.3) is 6.08 Å². The minimum absolute atomic E-state index is 0.0754. The number of ether oxygens (including phenoxy) is 3. The smallest absolute Gasteiger partial charge is 0.246 e. The zero-order valence-electron chi connectivity index (χ0n) is 16.8. The van der Waals surface area contributed by atoms with Gasteiger partial charge in [-0.3, -0.25) is 4.79 Å². The summed E-state index contributed by atoms with van der Waals surface area (Å²) in [6.07, 6.45) is 3.26. The number of rotatable bonds is 7. The maximum Gasteiger partial charge on any atom is 0.246 e. The summed E-state index contributed by atoms with van der Waals surface area (Å²) in [5.41, 5.74) is 0.776. The largest absolute Gasteiger partial charge is 0.493 e. The first kappa shape index (κ1) is 19.7. The van der Waals surface area contributed by atoms with Crippen LogP contribution in [-0.4, -0.2) is 55.4 Å². The molecule has 1 fully saturated rings. The minimum atomic E-state index is -0.0754. The Hall–Kier alpha value is -3.03. The van der Waals surface area contributed by atoms with E-state index in [4.69, 9.17) is 18.7 Å². The van der Waals surface area contributed by atoms with Crippen LogP contribution in [0.5, 0.6) is 17.2 Å². The molecule has 1 aliphatic heterocycles. The second-order valence-corrected chi connectivity index (χ2v) is 6.88. The molecule has 0 N–H and O–H groups in total. The fraction of sp³-hybridized carbons (Fsp3) is 0.450. The van der Waals surface area contributed by atoms with Gasteiger partial charge in [0.2, 0.25) is 17.5 Å². The van der Waals surface area contributed by atoms with E-state index in [1.165, 1.54) is 6.08 Å². The lowest BCUT2D eigenvalue weighted by Gasteiger charge is -2.36. The van der Waals surface area contributed by atoms with Gasteiger partial charge >= 0.3 is 0 Å². The van der Waals surface area contributed by atoms with E-state index in [-0.39, 0.29) is 17.7 Å². The van der Waals surface area contributed by atoms with Crippen molar-refractivity contribution in [2.75, 3.05) is 34.4 Å². The molecule has 0 bridgehead atoms. The first-order valence-electron chi connectivity index (χ1n) is 9.07. The topological polar surface area (TPSA) is 86.9 Å². The molecule has 3 rings (SSSR count). The van der Waals surface area contributed by atoms with Crippen LogP contribution in [0, 0.1) is 0 Å². The Morgan fingerprint density at radius 1 is 1.18 bits per heavy atom. The summed E-state index contributed by atoms with van der Waals surface area (Å²) in [7, 11) is 4.66. The lowest BCUT2D eigenvalue weighted by atomic mass is 10.00. The molecule has 0 spiro atoms. The summed E-state index contributed by atoms with van der Waals surface area (Å²) >= 11 is 0. The SMILES string of the molecule is COc1cc(/C=C/C(=O)N2CC(c3nc(C(C)C)no3)C2)cc(OC)c1OC. The van der Waals surface area contributed by atoms with E-state index in [9.17, 15) is 4.79 Å². The molecule has 2 aromatic rings. The summed E-state index contributed by atoms with van der Waals surface area (Å²) in [6, 6.07) is 3.58. The number of methoxy groups -OCH3 is 3. The highest BCUT2D eigenvalue weighted by Crippen LogP contribution is 2.38. The van der Waals surface area contributed by atoms with Crippen LogP contribution in [0.4, 0.5) is 0 Å². The molecular weight excluding hydrogens is 362 g/mol. The molecule has 28 heavy (non-hydrogen) atoms. The van der Waals surface area contributed by atoms with E-state index < -0.39 is 0 Å². The van der Waals surface area contributed by atoms with E-state index >= 15 is 0 Å². The quantitative estimate of drug-likeness (QED) is 0.675. The first-order chi connectivity index (χ1) is 13.5. The van der Waals surface area contributed by atoms with E-state index in [1.54, 1.807) is 44.4 Å². The lowest BCUT2D eigenvalue weighted by Crippen LogP contribution is -2.47. The van der Waals surface area contributed by atoms with Crippen molar-refractivity contribution in [1.82, 2.24) is 15.0 Å². The molecule has 0 atom stereocenters. The average molecular weight is 387 g/mol. The number of amides is 1. The summed E-state index contributed by atoms with van der Waals surface area (Å²) in [4.78, 5) is 18.5. The number of carbonyl (C=O) groups is 1. The standard InChI is InChI=1S/C20H25N3O5/c1-12(2)19-21-20(28-22-19)14-10-23(11-14)17(24)7-6-13-8-15(25-3)18(27-5)16(9-13)26-4/h6-9,12,14H,10-11H2,1-5H3/b7-6+. The summed E-state index contributed by atoms with van der Waals surface area (Å²) in [6.45, 7) is 5.16. The predicted molar refractivity (Wildman–Crippen MR) is 103 cm³/mol. The van der Waals surface area contributed by atoms with Crippen LogP contribution < -0.4 is 14.2 Å². The maximum absolute atomic E-state index is 12.4. The van der Waals surface area contributed by atoms with E-state index in [0.717, 1.165) is 5.56 Å². The van der Waals surface area contributed by atoms with Gasteiger partial charge in [0.05, 0.1) is 27.2 Å². The van der Waals surface area contributed by atoms with Gasteiger partial charge in [-0.15, -0.1) is 0 Å². The van der Waals surface area contributed by atoms with Gasteiger partial charge in [0.1, 0.15) is 0 Å². The molecule has 150 valence electrons. The first-order valence-corrected chi connectivity index (χ1v) is 9.07. The molecule has 1 aromatic carbocycles. The van der Waals surface area contributed by atoms with E-state index in [0.29, 0.717) is 42.1 Å². The summed E-state index contributed by atoms with van der Waals surface area (Å²) in [5, 5.41) is 3.97. The molecule has 0 saturated carbocycles. The molecule has 8 nitrogen and oxygen atoms in total. The highest BCUT2D eigenvalue weighted by Gasteiger charge is 2.34. The molecule has 1 aliphatic rings. The van der Waals surface area contributed by atoms with Gasteiger partial charge in [-0.25, -0.2) is 0 Å². The third-order valence-corrected chi connectivity index (χ3v) is 4.62. The van der Waals surface area contributed by atoms with Gasteiger partial charge in [-0.05, 0) is 23.8 Å². The normalized spacial score (nSPS) is 14.4. The number of likely N-dealkylation sites (tertiary alicyclic amines) is 1. The zero-order chi connectivity index (χ0) is 20.3. The fourth-order valence-electron chi connectivity index (χ4n) is 2.93. The van der Waals surface area contributed by atoms with Crippen LogP contribution in [0.1, 0.15) is 43.0 Å². The molecule has 0 unspecified atom stereocenters. The third-order valence-electron chi connectivity index (χ3n) is 4.62. The average Bonchev–Trinajstić information content (AvgIpc) is 3.14. The number of carbonyl (C=O) groups excluding carboxylic acids is 1. The fourth-order valence-corrected chi connectivity index (χ4v) is 2.93. The van der Waals surface area contributed by atoms with Gasteiger partial charge < -0.3 is 23.6 Å². The molecule has 8 heteroatoms. The number of hydrogen-bond acceptors (Lipinski definition) is 7. The molecule has 2 heterocycles. The highest BCUT2D eigenvalue weighted by molar-refractivity contribution is 5.92. The third kappa shape index (κ3) is 3.95. The van der Waals surface area contributed by atoms with Crippen molar-refractivity contribution in [2.24, 2.45) is 0 Å². The van der Waals surface area contributed by atoms with Crippen molar-refractivity contribution in [2.45, 2.75) is 25.7 Å². The molecular formula is C20H25N3O5. The lowest BCUT2D eigenvalue weighted by molar-refractivity contribution is -0.130. The van der Waals surface area contributed by atoms with Crippen molar-refractivity contribution in [3.05, 3.63) is 35.5 Å². The van der Waals surface area contributed by atoms with E-state index in [1.807, 2.05) is 13.8 Å². The monoisotopic (exact) mass is 387 g/mol. The Kier molecular flexibility index (Phi) is 5.87. The molecule has 1 amide bonds. The van der Waals surface area contributed by atoms with Crippen LogP contribution in [-0.2, 0) is 4.79 Å². The number of aromatic nitrogens is 2. The van der Waals surface area contributed by atoms with Crippen molar-refractivity contribution in [3.8, 4) is 17.2 Å². The van der Waals surface area contributed by atoms with Crippen LogP contribution in [0.15, 0.2) is 22.7 Å². The molecule has 1 aromatic heterocycles. The Bertz CT molecular complexity index is 843. The predicted octanol–water partition coefficient (Wildman–Crippen LogP) is 2.86. The van der Waals surface area contributed by atoms with Crippen LogP contribution >= 0.6 is 0 Å². The zero-order valence-corrected chi connectivity index (χ0v) is 16.8. The van der Waals surface area contributed by atoms with Gasteiger partial charge in [-0.2, -0.15) is 4.98 Å². The summed E-state index contributed by atoms with van der Waals surface area (Å²) in [5.74, 6) is 3.12. The Balaban J connectivity index is 1.63. The summed E-state index contributed by atoms with van der Waals surface area (Å²) < 4.78 is 21.3. The van der Waals surface area contributed by atoms with Crippen molar-refractivity contribution in [3.63, 3.8) is 0 Å². The molecule has 0 radical (unpaired) electrons. The second kappa shape index (κ2) is 8.33. The second-order valence-electron chi connectivity index (χ2n) is 6.88. The van der Waals surface area contributed by atoms with Crippen molar-refractivity contribution < 1.29 is 23.5 Å².